The second kappa shape index (κ2) is 10.8. The van der Waals surface area contributed by atoms with Gasteiger partial charge in [-0.2, -0.15) is 13.2 Å². The minimum Gasteiger partial charge on any atom is -0.369 e. The Bertz CT molecular complexity index is 1060. The van der Waals surface area contributed by atoms with Crippen molar-refractivity contribution in [3.63, 3.8) is 0 Å². The number of ketones is 1. The molecular weight excluding hydrogens is 455 g/mol. The molecule has 1 fully saturated rings. The summed E-state index contributed by atoms with van der Waals surface area (Å²) in [6, 6.07) is 11.2. The van der Waals surface area contributed by atoms with Crippen molar-refractivity contribution >= 4 is 17.4 Å². The number of anilines is 1. The molecule has 1 saturated heterocycles. The minimum atomic E-state index is -4.32. The molecule has 2 aromatic rings. The summed E-state index contributed by atoms with van der Waals surface area (Å²) >= 11 is 0. The molecule has 0 aliphatic carbocycles. The molecular formula is C27H32F3N3O2. The largest absolute Gasteiger partial charge is 0.416 e. The maximum absolute atomic E-state index is 13.0. The molecule has 0 N–H and O–H groups in total. The van der Waals surface area contributed by atoms with Gasteiger partial charge < -0.3 is 9.80 Å². The summed E-state index contributed by atoms with van der Waals surface area (Å²) in [6.45, 7) is 6.74. The van der Waals surface area contributed by atoms with E-state index < -0.39 is 11.7 Å². The fraction of sp³-hybridized carbons (Fsp3) is 0.481. The highest BCUT2D eigenvalue weighted by Crippen LogP contribution is 2.32. The average Bonchev–Trinajstić information content (AvgIpc) is 3.27. The van der Waals surface area contributed by atoms with E-state index in [1.165, 1.54) is 12.1 Å². The molecule has 0 unspecified atom stereocenters. The lowest BCUT2D eigenvalue weighted by atomic mass is 10.0. The molecule has 0 bridgehead atoms. The summed E-state index contributed by atoms with van der Waals surface area (Å²) < 4.78 is 38.9. The zero-order chi connectivity index (χ0) is 25.0. The number of nitrogens with zero attached hydrogens (tertiary/aromatic N) is 3. The van der Waals surface area contributed by atoms with Crippen molar-refractivity contribution in [1.82, 2.24) is 9.80 Å². The number of Topliss-reactive ketones (excluding diaryl/α,β-unsaturated/α-hetero) is 1. The average molecular weight is 488 g/mol. The van der Waals surface area contributed by atoms with Gasteiger partial charge in [0.2, 0.25) is 5.91 Å². The number of hydrogen-bond acceptors (Lipinski definition) is 4. The Hall–Kier alpha value is -2.87. The number of unbranched alkanes of at least 4 members (excludes halogenated alkanes) is 2. The van der Waals surface area contributed by atoms with Crippen LogP contribution in [0.4, 0.5) is 18.9 Å². The standard InChI is InChI=1S/C27H32F3N3O2/c1-20(34)21-9-10-22-18-33(19-23(22)16-21)26(35)8-3-2-4-11-31-12-14-32(15-13-31)25-7-5-6-24(17-25)27(28,29)30/h5-7,9-10,16-17H,2-4,8,11-15,18-19H2,1H3. The molecule has 188 valence electrons. The molecule has 1 amide bonds. The van der Waals surface area contributed by atoms with Crippen molar-refractivity contribution in [3.05, 3.63) is 64.7 Å². The van der Waals surface area contributed by atoms with Gasteiger partial charge in [-0.15, -0.1) is 0 Å². The first-order valence-electron chi connectivity index (χ1n) is 12.3. The van der Waals surface area contributed by atoms with Gasteiger partial charge in [-0.25, -0.2) is 0 Å². The number of alkyl halides is 3. The third-order valence-electron chi connectivity index (χ3n) is 6.96. The van der Waals surface area contributed by atoms with Gasteiger partial charge in [-0.05, 0) is 61.7 Å². The maximum atomic E-state index is 13.0. The lowest BCUT2D eigenvalue weighted by Crippen LogP contribution is -2.46. The summed E-state index contributed by atoms with van der Waals surface area (Å²) in [5, 5.41) is 0. The first kappa shape index (κ1) is 25.2. The molecule has 8 heteroatoms. The van der Waals surface area contributed by atoms with Crippen LogP contribution in [0.15, 0.2) is 42.5 Å². The van der Waals surface area contributed by atoms with Crippen LogP contribution < -0.4 is 4.90 Å². The Kier molecular flexibility index (Phi) is 7.79. The predicted octanol–water partition coefficient (Wildman–Crippen LogP) is 5.13. The SMILES string of the molecule is CC(=O)c1ccc2c(c1)CN(C(=O)CCCCCN1CCN(c3cccc(C(F)(F)F)c3)CC1)C2. The Balaban J connectivity index is 1.13. The van der Waals surface area contributed by atoms with Crippen molar-refractivity contribution in [3.8, 4) is 0 Å². The van der Waals surface area contributed by atoms with Crippen molar-refractivity contribution < 1.29 is 22.8 Å². The Morgan fingerprint density at radius 3 is 2.34 bits per heavy atom. The molecule has 5 nitrogen and oxygen atoms in total. The summed E-state index contributed by atoms with van der Waals surface area (Å²) in [7, 11) is 0. The fourth-order valence-electron chi connectivity index (χ4n) is 4.84. The van der Waals surface area contributed by atoms with Gasteiger partial charge in [0.05, 0.1) is 5.56 Å². The zero-order valence-corrected chi connectivity index (χ0v) is 20.1. The Morgan fingerprint density at radius 1 is 0.886 bits per heavy atom. The smallest absolute Gasteiger partial charge is 0.369 e. The highest BCUT2D eigenvalue weighted by molar-refractivity contribution is 5.94. The number of halogens is 3. The highest BCUT2D eigenvalue weighted by atomic mass is 19.4. The van der Waals surface area contributed by atoms with E-state index in [1.807, 2.05) is 28.0 Å². The minimum absolute atomic E-state index is 0.0367. The van der Waals surface area contributed by atoms with Gasteiger partial charge >= 0.3 is 6.18 Å². The number of rotatable bonds is 8. The van der Waals surface area contributed by atoms with E-state index in [4.69, 9.17) is 0 Å². The van der Waals surface area contributed by atoms with Crippen LogP contribution in [0.3, 0.4) is 0 Å². The molecule has 0 spiro atoms. The molecule has 0 saturated carbocycles. The normalized spacial score (nSPS) is 16.5. The van der Waals surface area contributed by atoms with Crippen LogP contribution in [0, 0.1) is 0 Å². The summed E-state index contributed by atoms with van der Waals surface area (Å²) in [5.74, 6) is 0.190. The molecule has 4 rings (SSSR count). The lowest BCUT2D eigenvalue weighted by molar-refractivity contribution is -0.137. The van der Waals surface area contributed by atoms with Crippen LogP contribution in [0.5, 0.6) is 0 Å². The van der Waals surface area contributed by atoms with Crippen molar-refractivity contribution in [2.75, 3.05) is 37.6 Å². The van der Waals surface area contributed by atoms with Gasteiger partial charge in [0.25, 0.3) is 0 Å². The van der Waals surface area contributed by atoms with Crippen molar-refractivity contribution in [2.24, 2.45) is 0 Å². The van der Waals surface area contributed by atoms with Gasteiger partial charge in [0, 0.05) is 56.9 Å². The molecule has 35 heavy (non-hydrogen) atoms. The second-order valence-corrected chi connectivity index (χ2v) is 9.48. The second-order valence-electron chi connectivity index (χ2n) is 9.48. The molecule has 2 aliphatic rings. The van der Waals surface area contributed by atoms with E-state index in [1.54, 1.807) is 13.0 Å². The molecule has 0 atom stereocenters. The predicted molar refractivity (Wildman–Crippen MR) is 129 cm³/mol. The number of carbonyl (C=O) groups excluding carboxylic acids is 2. The van der Waals surface area contributed by atoms with Crippen molar-refractivity contribution in [2.45, 2.75) is 51.9 Å². The fourth-order valence-corrected chi connectivity index (χ4v) is 4.84. The highest BCUT2D eigenvalue weighted by Gasteiger charge is 2.31. The number of fused-ring (bicyclic) bond motifs is 1. The molecule has 2 aliphatic heterocycles. The van der Waals surface area contributed by atoms with E-state index in [9.17, 15) is 22.8 Å². The third kappa shape index (κ3) is 6.42. The molecule has 0 radical (unpaired) electrons. The van der Waals surface area contributed by atoms with Crippen LogP contribution >= 0.6 is 0 Å². The van der Waals surface area contributed by atoms with Crippen LogP contribution in [-0.4, -0.2) is 54.2 Å². The quantitative estimate of drug-likeness (QED) is 0.382. The van der Waals surface area contributed by atoms with Gasteiger partial charge in [-0.1, -0.05) is 24.6 Å². The number of piperazine rings is 1. The van der Waals surface area contributed by atoms with E-state index in [0.717, 1.165) is 56.1 Å². The molecule has 2 heterocycles. The number of amides is 1. The number of carbonyl (C=O) groups is 2. The maximum Gasteiger partial charge on any atom is 0.416 e. The van der Waals surface area contributed by atoms with Crippen LogP contribution in [-0.2, 0) is 24.1 Å². The van der Waals surface area contributed by atoms with Crippen molar-refractivity contribution in [1.29, 1.82) is 0 Å². The summed E-state index contributed by atoms with van der Waals surface area (Å²) in [5.41, 5.74) is 2.89. The Labute approximate surface area is 204 Å². The van der Waals surface area contributed by atoms with Gasteiger partial charge in [0.15, 0.2) is 5.78 Å². The van der Waals surface area contributed by atoms with E-state index in [2.05, 4.69) is 4.90 Å². The molecule has 2 aromatic carbocycles. The first-order valence-corrected chi connectivity index (χ1v) is 12.3. The van der Waals surface area contributed by atoms with Gasteiger partial charge in [-0.3, -0.25) is 14.5 Å². The van der Waals surface area contributed by atoms with Crippen LogP contribution in [0.25, 0.3) is 0 Å². The van der Waals surface area contributed by atoms with Crippen LogP contribution in [0.2, 0.25) is 0 Å². The summed E-state index contributed by atoms with van der Waals surface area (Å²) in [4.78, 5) is 30.4. The van der Waals surface area contributed by atoms with Crippen LogP contribution in [0.1, 0.15) is 59.7 Å². The summed E-state index contributed by atoms with van der Waals surface area (Å²) in [6.07, 6.45) is -0.990. The number of hydrogen-bond donors (Lipinski definition) is 0. The topological polar surface area (TPSA) is 43.9 Å². The van der Waals surface area contributed by atoms with E-state index in [0.29, 0.717) is 43.9 Å². The van der Waals surface area contributed by atoms with Gasteiger partial charge in [0.1, 0.15) is 0 Å². The number of benzene rings is 2. The monoisotopic (exact) mass is 487 g/mol. The Morgan fingerprint density at radius 2 is 1.63 bits per heavy atom. The van der Waals surface area contributed by atoms with E-state index in [-0.39, 0.29) is 11.7 Å². The lowest BCUT2D eigenvalue weighted by Gasteiger charge is -2.36. The first-order chi connectivity index (χ1) is 16.7. The third-order valence-corrected chi connectivity index (χ3v) is 6.96. The zero-order valence-electron chi connectivity index (χ0n) is 20.1. The molecule has 0 aromatic heterocycles. The van der Waals surface area contributed by atoms with E-state index >= 15 is 0 Å².